The molecule has 100 valence electrons. The molecular formula is C14H9ClFN3O. The number of aromatic nitrogens is 2. The molecule has 0 saturated carbocycles. The van der Waals surface area contributed by atoms with E-state index in [4.69, 9.17) is 21.9 Å². The van der Waals surface area contributed by atoms with E-state index in [2.05, 4.69) is 10.1 Å². The lowest BCUT2D eigenvalue weighted by molar-refractivity contribution is 0.432. The first-order chi connectivity index (χ1) is 9.66. The van der Waals surface area contributed by atoms with Crippen molar-refractivity contribution >= 4 is 17.3 Å². The fourth-order valence-electron chi connectivity index (χ4n) is 1.81. The van der Waals surface area contributed by atoms with E-state index >= 15 is 0 Å². The van der Waals surface area contributed by atoms with Crippen molar-refractivity contribution < 1.29 is 8.91 Å². The molecule has 3 aromatic rings. The van der Waals surface area contributed by atoms with E-state index in [0.29, 0.717) is 22.0 Å². The molecule has 0 unspecified atom stereocenters. The minimum absolute atomic E-state index is 0.0261. The second-order valence-electron chi connectivity index (χ2n) is 4.10. The number of hydrogen-bond donors (Lipinski definition) is 1. The predicted octanol–water partition coefficient (Wildman–Crippen LogP) is 3.78. The number of anilines is 1. The second kappa shape index (κ2) is 4.94. The van der Waals surface area contributed by atoms with Crippen LogP contribution >= 0.6 is 11.6 Å². The molecule has 4 nitrogen and oxygen atoms in total. The molecule has 1 heterocycles. The molecule has 0 atom stereocenters. The summed E-state index contributed by atoms with van der Waals surface area (Å²) in [6, 6.07) is 11.5. The van der Waals surface area contributed by atoms with E-state index in [1.807, 2.05) is 6.07 Å². The Hall–Kier alpha value is -2.40. The van der Waals surface area contributed by atoms with Crippen LogP contribution in [0.3, 0.4) is 0 Å². The van der Waals surface area contributed by atoms with Gasteiger partial charge in [-0.3, -0.25) is 0 Å². The second-order valence-corrected chi connectivity index (χ2v) is 4.51. The zero-order valence-electron chi connectivity index (χ0n) is 10.2. The zero-order chi connectivity index (χ0) is 14.1. The summed E-state index contributed by atoms with van der Waals surface area (Å²) in [6.07, 6.45) is 0. The van der Waals surface area contributed by atoms with E-state index in [1.54, 1.807) is 24.3 Å². The van der Waals surface area contributed by atoms with Crippen LogP contribution in [0.4, 0.5) is 10.1 Å². The number of nitrogens with zero attached hydrogens (tertiary/aromatic N) is 2. The number of para-hydroxylation sites is 1. The standard InChI is InChI=1S/C14H9ClFN3O/c15-10-6-2-1-4-8(10)13-18-14(20-19-13)9-5-3-7-11(16)12(9)17/h1-7H,17H2. The van der Waals surface area contributed by atoms with E-state index in [-0.39, 0.29) is 11.6 Å². The first-order valence-corrected chi connectivity index (χ1v) is 6.17. The van der Waals surface area contributed by atoms with Gasteiger partial charge in [-0.15, -0.1) is 0 Å². The number of benzene rings is 2. The van der Waals surface area contributed by atoms with Crippen LogP contribution in [0.15, 0.2) is 47.0 Å². The van der Waals surface area contributed by atoms with Crippen molar-refractivity contribution in [2.45, 2.75) is 0 Å². The summed E-state index contributed by atoms with van der Waals surface area (Å²) >= 11 is 6.06. The maximum absolute atomic E-state index is 13.4. The van der Waals surface area contributed by atoms with Gasteiger partial charge in [-0.25, -0.2) is 4.39 Å². The molecule has 0 spiro atoms. The molecule has 0 amide bonds. The highest BCUT2D eigenvalue weighted by molar-refractivity contribution is 6.33. The lowest BCUT2D eigenvalue weighted by Gasteiger charge is -2.00. The Kier molecular flexibility index (Phi) is 3.12. The molecule has 0 fully saturated rings. The fraction of sp³-hybridized carbons (Fsp3) is 0. The lowest BCUT2D eigenvalue weighted by Crippen LogP contribution is -1.94. The van der Waals surface area contributed by atoms with Crippen molar-refractivity contribution in [2.75, 3.05) is 5.73 Å². The first-order valence-electron chi connectivity index (χ1n) is 5.80. The Balaban J connectivity index is 2.07. The average molecular weight is 290 g/mol. The van der Waals surface area contributed by atoms with Gasteiger partial charge in [0.15, 0.2) is 0 Å². The molecule has 0 saturated heterocycles. The van der Waals surface area contributed by atoms with Crippen molar-refractivity contribution in [1.82, 2.24) is 10.1 Å². The molecule has 0 aliphatic heterocycles. The molecule has 6 heteroatoms. The monoisotopic (exact) mass is 289 g/mol. The molecule has 3 rings (SSSR count). The number of nitrogen functional groups attached to an aromatic ring is 1. The third-order valence-electron chi connectivity index (χ3n) is 2.82. The third-order valence-corrected chi connectivity index (χ3v) is 3.15. The van der Waals surface area contributed by atoms with Crippen LogP contribution in [0.25, 0.3) is 22.8 Å². The van der Waals surface area contributed by atoms with Gasteiger partial charge in [0.05, 0.1) is 16.3 Å². The van der Waals surface area contributed by atoms with Gasteiger partial charge in [0.1, 0.15) is 5.82 Å². The summed E-state index contributed by atoms with van der Waals surface area (Å²) in [4.78, 5) is 4.20. The number of halogens is 2. The van der Waals surface area contributed by atoms with Crippen LogP contribution in [0.2, 0.25) is 5.02 Å². The van der Waals surface area contributed by atoms with Crippen LogP contribution in [0, 0.1) is 5.82 Å². The van der Waals surface area contributed by atoms with Crippen molar-refractivity contribution in [3.05, 3.63) is 53.3 Å². The highest BCUT2D eigenvalue weighted by atomic mass is 35.5. The quantitative estimate of drug-likeness (QED) is 0.729. The molecule has 0 aliphatic rings. The Morgan fingerprint density at radius 1 is 1.05 bits per heavy atom. The van der Waals surface area contributed by atoms with Crippen LogP contribution in [-0.2, 0) is 0 Å². The van der Waals surface area contributed by atoms with Crippen molar-refractivity contribution in [3.8, 4) is 22.8 Å². The summed E-state index contributed by atoms with van der Waals surface area (Å²) < 4.78 is 18.6. The van der Waals surface area contributed by atoms with Gasteiger partial charge < -0.3 is 10.3 Å². The molecular weight excluding hydrogens is 281 g/mol. The Labute approximate surface area is 119 Å². The zero-order valence-corrected chi connectivity index (χ0v) is 10.9. The number of rotatable bonds is 2. The molecule has 0 aliphatic carbocycles. The average Bonchev–Trinajstić information content (AvgIpc) is 2.92. The van der Waals surface area contributed by atoms with E-state index in [0.717, 1.165) is 0 Å². The van der Waals surface area contributed by atoms with Crippen LogP contribution in [0.5, 0.6) is 0 Å². The van der Waals surface area contributed by atoms with Gasteiger partial charge in [-0.05, 0) is 24.3 Å². The number of nitrogens with two attached hydrogens (primary N) is 1. The third kappa shape index (κ3) is 2.12. The fourth-order valence-corrected chi connectivity index (χ4v) is 2.03. The SMILES string of the molecule is Nc1c(F)cccc1-c1nc(-c2ccccc2Cl)no1. The summed E-state index contributed by atoms with van der Waals surface area (Å²) in [5.74, 6) is -0.0498. The Morgan fingerprint density at radius 2 is 1.80 bits per heavy atom. The maximum Gasteiger partial charge on any atom is 0.260 e. The van der Waals surface area contributed by atoms with Crippen LogP contribution in [0.1, 0.15) is 0 Å². The smallest absolute Gasteiger partial charge is 0.260 e. The van der Waals surface area contributed by atoms with Crippen molar-refractivity contribution in [1.29, 1.82) is 0 Å². The van der Waals surface area contributed by atoms with Gasteiger partial charge >= 0.3 is 0 Å². The van der Waals surface area contributed by atoms with E-state index in [1.165, 1.54) is 12.1 Å². The highest BCUT2D eigenvalue weighted by Crippen LogP contribution is 2.30. The molecule has 2 aromatic carbocycles. The Bertz CT molecular complexity index is 773. The molecule has 20 heavy (non-hydrogen) atoms. The molecule has 0 radical (unpaired) electrons. The van der Waals surface area contributed by atoms with Gasteiger partial charge in [-0.2, -0.15) is 4.98 Å². The predicted molar refractivity (Wildman–Crippen MR) is 74.6 cm³/mol. The van der Waals surface area contributed by atoms with E-state index in [9.17, 15) is 4.39 Å². The van der Waals surface area contributed by atoms with Gasteiger partial charge in [0.25, 0.3) is 5.89 Å². The van der Waals surface area contributed by atoms with Crippen molar-refractivity contribution in [3.63, 3.8) is 0 Å². The number of hydrogen-bond acceptors (Lipinski definition) is 4. The summed E-state index contributed by atoms with van der Waals surface area (Å²) in [6.45, 7) is 0. The van der Waals surface area contributed by atoms with Crippen LogP contribution < -0.4 is 5.73 Å². The van der Waals surface area contributed by atoms with E-state index < -0.39 is 5.82 Å². The highest BCUT2D eigenvalue weighted by Gasteiger charge is 2.16. The van der Waals surface area contributed by atoms with Crippen LogP contribution in [-0.4, -0.2) is 10.1 Å². The summed E-state index contributed by atoms with van der Waals surface area (Å²) in [5, 5.41) is 4.35. The topological polar surface area (TPSA) is 64.9 Å². The molecule has 2 N–H and O–H groups in total. The molecule has 0 bridgehead atoms. The van der Waals surface area contributed by atoms with Gasteiger partial charge in [-0.1, -0.05) is 35.0 Å². The minimum atomic E-state index is -0.528. The summed E-state index contributed by atoms with van der Waals surface area (Å²) in [5.41, 5.74) is 6.63. The van der Waals surface area contributed by atoms with Gasteiger partial charge in [0, 0.05) is 5.56 Å². The maximum atomic E-state index is 13.4. The molecule has 1 aromatic heterocycles. The normalized spacial score (nSPS) is 10.7. The first kappa shape index (κ1) is 12.6. The summed E-state index contributed by atoms with van der Waals surface area (Å²) in [7, 11) is 0. The van der Waals surface area contributed by atoms with Crippen molar-refractivity contribution in [2.24, 2.45) is 0 Å². The minimum Gasteiger partial charge on any atom is -0.396 e. The lowest BCUT2D eigenvalue weighted by atomic mass is 10.1. The largest absolute Gasteiger partial charge is 0.396 e. The van der Waals surface area contributed by atoms with Gasteiger partial charge in [0.2, 0.25) is 5.82 Å². The Morgan fingerprint density at radius 3 is 2.60 bits per heavy atom.